The molecule has 4 rings (SSSR count). The fourth-order valence-corrected chi connectivity index (χ4v) is 4.88. The molecule has 28 heavy (non-hydrogen) atoms. The van der Waals surface area contributed by atoms with Crippen LogP contribution in [-0.2, 0) is 26.4 Å². The van der Waals surface area contributed by atoms with Gasteiger partial charge in [-0.3, -0.25) is 0 Å². The summed E-state index contributed by atoms with van der Waals surface area (Å²) in [7, 11) is 2.25. The summed E-state index contributed by atoms with van der Waals surface area (Å²) in [4.78, 5) is 0. The molecule has 0 amide bonds. The van der Waals surface area contributed by atoms with E-state index in [9.17, 15) is 0 Å². The number of nitrogens with zero attached hydrogens (tertiary/aromatic N) is 2. The second kappa shape index (κ2) is 6.76. The minimum absolute atomic E-state index is 0.308. The average Bonchev–Trinajstić information content (AvgIpc) is 2.87. The predicted octanol–water partition coefficient (Wildman–Crippen LogP) is 6.10. The number of aromatic nitrogens is 2. The summed E-state index contributed by atoms with van der Waals surface area (Å²) in [6.45, 7) is 14.9. The van der Waals surface area contributed by atoms with E-state index in [0.717, 1.165) is 13.0 Å². The Morgan fingerprint density at radius 2 is 1.86 bits per heavy atom. The molecule has 0 radical (unpaired) electrons. The predicted molar refractivity (Wildman–Crippen MR) is 119 cm³/mol. The number of aryl methyl sites for hydroxylation is 4. The van der Waals surface area contributed by atoms with Crippen LogP contribution in [0, 0.1) is 12.3 Å². The number of benzene rings is 2. The van der Waals surface area contributed by atoms with Gasteiger partial charge in [-0.25, -0.2) is 9.13 Å². The van der Waals surface area contributed by atoms with Gasteiger partial charge >= 0.3 is 0 Å². The molecule has 148 valence electrons. The van der Waals surface area contributed by atoms with Gasteiger partial charge in [-0.05, 0) is 66.3 Å². The minimum atomic E-state index is 0.308. The fourth-order valence-electron chi connectivity index (χ4n) is 4.88. The van der Waals surface area contributed by atoms with Crippen molar-refractivity contribution < 1.29 is 4.57 Å². The molecule has 0 aliphatic carbocycles. The van der Waals surface area contributed by atoms with Crippen LogP contribution >= 0.6 is 0 Å². The van der Waals surface area contributed by atoms with E-state index in [4.69, 9.17) is 0 Å². The molecule has 0 saturated heterocycles. The van der Waals surface area contributed by atoms with Gasteiger partial charge in [0.1, 0.15) is 0 Å². The fraction of sp³-hybridized carbons (Fsp3) is 0.500. The minimum Gasteiger partial charge on any atom is -0.226 e. The van der Waals surface area contributed by atoms with E-state index in [1.807, 2.05) is 0 Å². The zero-order valence-electron chi connectivity index (χ0n) is 18.7. The largest absolute Gasteiger partial charge is 0.289 e. The van der Waals surface area contributed by atoms with Gasteiger partial charge in [0.05, 0.1) is 19.2 Å². The second-order valence-electron chi connectivity index (χ2n) is 10.2. The van der Waals surface area contributed by atoms with Gasteiger partial charge in [-0.2, -0.15) is 0 Å². The Kier molecular flexibility index (Phi) is 4.64. The number of hydrogen-bond donors (Lipinski definition) is 0. The first-order valence-corrected chi connectivity index (χ1v) is 10.8. The molecule has 2 heteroatoms. The highest BCUT2D eigenvalue weighted by molar-refractivity contribution is 5.81. The lowest BCUT2D eigenvalue weighted by Gasteiger charge is -2.19. The molecular formula is C26H35N2+. The molecule has 0 fully saturated rings. The van der Waals surface area contributed by atoms with Crippen LogP contribution < -0.4 is 4.57 Å². The standard InChI is InChI=1S/C26H35N2/c1-17(2)20-10-11-22(18(3)13-20)25-27(7)23-15-19(16-26(4,5)6)14-21-9-8-12-28(25)24(21)23/h10-11,13-15,17H,8-9,12,16H2,1-7H3/q+1. The topological polar surface area (TPSA) is 8.81 Å². The summed E-state index contributed by atoms with van der Waals surface area (Å²) >= 11 is 0. The van der Waals surface area contributed by atoms with Crippen molar-refractivity contribution in [2.24, 2.45) is 12.5 Å². The monoisotopic (exact) mass is 375 g/mol. The summed E-state index contributed by atoms with van der Waals surface area (Å²) in [6.07, 6.45) is 3.55. The molecule has 1 aliphatic rings. The van der Waals surface area contributed by atoms with Crippen LogP contribution in [0.25, 0.3) is 22.4 Å². The Balaban J connectivity index is 1.94. The summed E-state index contributed by atoms with van der Waals surface area (Å²) in [6, 6.07) is 11.9. The molecule has 0 N–H and O–H groups in total. The Labute approximate surface area is 170 Å². The summed E-state index contributed by atoms with van der Waals surface area (Å²) in [5.74, 6) is 1.93. The number of rotatable bonds is 3. The van der Waals surface area contributed by atoms with Gasteiger partial charge in [-0.15, -0.1) is 0 Å². The van der Waals surface area contributed by atoms with Crippen molar-refractivity contribution >= 4 is 11.0 Å². The molecule has 1 aliphatic heterocycles. The first-order chi connectivity index (χ1) is 13.2. The maximum absolute atomic E-state index is 2.58. The van der Waals surface area contributed by atoms with Crippen LogP contribution in [0.2, 0.25) is 0 Å². The van der Waals surface area contributed by atoms with Crippen LogP contribution in [0.4, 0.5) is 0 Å². The quantitative estimate of drug-likeness (QED) is 0.489. The summed E-state index contributed by atoms with van der Waals surface area (Å²) in [5.41, 5.74) is 10.3. The van der Waals surface area contributed by atoms with E-state index in [1.165, 1.54) is 57.5 Å². The van der Waals surface area contributed by atoms with E-state index in [0.29, 0.717) is 11.3 Å². The van der Waals surface area contributed by atoms with Crippen molar-refractivity contribution in [1.82, 2.24) is 4.57 Å². The van der Waals surface area contributed by atoms with Crippen molar-refractivity contribution in [3.63, 3.8) is 0 Å². The van der Waals surface area contributed by atoms with Crippen molar-refractivity contribution in [3.05, 3.63) is 52.6 Å². The molecule has 0 unspecified atom stereocenters. The lowest BCUT2D eigenvalue weighted by atomic mass is 9.87. The van der Waals surface area contributed by atoms with Gasteiger partial charge in [0.25, 0.3) is 5.82 Å². The van der Waals surface area contributed by atoms with Gasteiger partial charge in [-0.1, -0.05) is 52.8 Å². The molecular weight excluding hydrogens is 340 g/mol. The van der Waals surface area contributed by atoms with E-state index in [1.54, 1.807) is 0 Å². The number of imidazole rings is 1. The highest BCUT2D eigenvalue weighted by Crippen LogP contribution is 2.33. The molecule has 0 bridgehead atoms. The normalized spacial score (nSPS) is 14.3. The lowest BCUT2D eigenvalue weighted by Crippen LogP contribution is -2.39. The first kappa shape index (κ1) is 19.2. The van der Waals surface area contributed by atoms with Crippen molar-refractivity contribution in [1.29, 1.82) is 0 Å². The van der Waals surface area contributed by atoms with E-state index in [-0.39, 0.29) is 0 Å². The van der Waals surface area contributed by atoms with Crippen LogP contribution in [-0.4, -0.2) is 4.57 Å². The summed E-state index contributed by atoms with van der Waals surface area (Å²) < 4.78 is 5.01. The highest BCUT2D eigenvalue weighted by atomic mass is 15.2. The summed E-state index contributed by atoms with van der Waals surface area (Å²) in [5, 5.41) is 0. The van der Waals surface area contributed by atoms with E-state index >= 15 is 0 Å². The van der Waals surface area contributed by atoms with Crippen molar-refractivity contribution in [2.75, 3.05) is 0 Å². The van der Waals surface area contributed by atoms with E-state index in [2.05, 4.69) is 88.1 Å². The SMILES string of the molecule is Cc1cc(C(C)C)ccc1-c1n(C)c2cc(CC(C)(C)C)cc3c2[n+]1CCC3. The Hall–Kier alpha value is -2.09. The van der Waals surface area contributed by atoms with Crippen molar-refractivity contribution in [2.45, 2.75) is 73.3 Å². The molecule has 0 saturated carbocycles. The highest BCUT2D eigenvalue weighted by Gasteiger charge is 2.30. The van der Waals surface area contributed by atoms with Crippen LogP contribution in [0.1, 0.15) is 69.2 Å². The van der Waals surface area contributed by atoms with E-state index < -0.39 is 0 Å². The third kappa shape index (κ3) is 3.27. The van der Waals surface area contributed by atoms with Crippen LogP contribution in [0.5, 0.6) is 0 Å². The lowest BCUT2D eigenvalue weighted by molar-refractivity contribution is -0.664. The van der Waals surface area contributed by atoms with Gasteiger partial charge in [0.2, 0.25) is 0 Å². The molecule has 2 aromatic carbocycles. The average molecular weight is 376 g/mol. The molecule has 2 heterocycles. The van der Waals surface area contributed by atoms with Gasteiger partial charge in [0, 0.05) is 5.56 Å². The van der Waals surface area contributed by atoms with Crippen LogP contribution in [0.3, 0.4) is 0 Å². The Bertz CT molecular complexity index is 1040. The van der Waals surface area contributed by atoms with Gasteiger partial charge < -0.3 is 0 Å². The number of hydrogen-bond acceptors (Lipinski definition) is 0. The van der Waals surface area contributed by atoms with Crippen molar-refractivity contribution in [3.8, 4) is 11.4 Å². The molecule has 3 aromatic rings. The Morgan fingerprint density at radius 3 is 2.50 bits per heavy atom. The molecule has 0 spiro atoms. The van der Waals surface area contributed by atoms with Gasteiger partial charge in [0.15, 0.2) is 11.0 Å². The molecule has 1 aromatic heterocycles. The third-order valence-corrected chi connectivity index (χ3v) is 6.15. The maximum atomic E-state index is 2.58. The second-order valence-corrected chi connectivity index (χ2v) is 10.2. The zero-order valence-corrected chi connectivity index (χ0v) is 18.7. The van der Waals surface area contributed by atoms with Crippen LogP contribution in [0.15, 0.2) is 30.3 Å². The smallest absolute Gasteiger partial charge is 0.226 e. The molecule has 2 nitrogen and oxygen atoms in total. The zero-order chi connectivity index (χ0) is 20.2. The Morgan fingerprint density at radius 1 is 1.11 bits per heavy atom. The first-order valence-electron chi connectivity index (χ1n) is 10.8. The maximum Gasteiger partial charge on any atom is 0.289 e. The molecule has 0 atom stereocenters. The third-order valence-electron chi connectivity index (χ3n) is 6.15.